The number of aromatic amines is 1. The van der Waals surface area contributed by atoms with Gasteiger partial charge < -0.3 is 5.32 Å². The number of nitrogens with zero attached hydrogens (tertiary/aromatic N) is 2. The fourth-order valence-electron chi connectivity index (χ4n) is 2.67. The van der Waals surface area contributed by atoms with Crippen LogP contribution in [0, 0.1) is 10.1 Å². The molecule has 0 unspecified atom stereocenters. The second kappa shape index (κ2) is 5.43. The van der Waals surface area contributed by atoms with Gasteiger partial charge in [0, 0.05) is 17.2 Å². The van der Waals surface area contributed by atoms with E-state index in [1.165, 1.54) is 17.4 Å². The number of aromatic nitrogens is 2. The SMILES string of the molecule is O=C1Nc2sccc2/C1=C/c1cn[nH]c1-c1ccccc1[N+](=O)[O-]. The normalized spacial score (nSPS) is 14.7. The molecule has 1 aromatic carbocycles. The van der Waals surface area contributed by atoms with Crippen LogP contribution in [0.25, 0.3) is 22.9 Å². The van der Waals surface area contributed by atoms with Gasteiger partial charge in [-0.05, 0) is 23.6 Å². The highest BCUT2D eigenvalue weighted by atomic mass is 32.1. The zero-order valence-corrected chi connectivity index (χ0v) is 13.0. The number of carbonyl (C=O) groups excluding carboxylic acids is 1. The molecule has 8 heteroatoms. The van der Waals surface area contributed by atoms with Gasteiger partial charge in [0.2, 0.25) is 0 Å². The number of fused-ring (bicyclic) bond motifs is 1. The summed E-state index contributed by atoms with van der Waals surface area (Å²) in [5.41, 5.74) is 2.89. The molecule has 24 heavy (non-hydrogen) atoms. The van der Waals surface area contributed by atoms with Crippen LogP contribution in [-0.2, 0) is 4.79 Å². The number of carbonyl (C=O) groups is 1. The van der Waals surface area contributed by atoms with Crippen molar-refractivity contribution in [2.45, 2.75) is 0 Å². The number of anilines is 1. The number of benzene rings is 1. The summed E-state index contributed by atoms with van der Waals surface area (Å²) in [6, 6.07) is 8.29. The highest BCUT2D eigenvalue weighted by Gasteiger charge is 2.26. The van der Waals surface area contributed by atoms with E-state index in [2.05, 4.69) is 15.5 Å². The Hall–Kier alpha value is -3.26. The smallest absolute Gasteiger partial charge is 0.278 e. The Labute approximate surface area is 139 Å². The first-order valence-electron chi connectivity index (χ1n) is 7.03. The van der Waals surface area contributed by atoms with Gasteiger partial charge in [0.1, 0.15) is 5.00 Å². The van der Waals surface area contributed by atoms with E-state index in [1.807, 2.05) is 11.4 Å². The molecule has 1 amide bonds. The first kappa shape index (κ1) is 14.3. The van der Waals surface area contributed by atoms with Gasteiger partial charge in [-0.2, -0.15) is 5.10 Å². The number of hydrogen-bond acceptors (Lipinski definition) is 5. The summed E-state index contributed by atoms with van der Waals surface area (Å²) in [7, 11) is 0. The molecule has 2 N–H and O–H groups in total. The molecule has 0 aliphatic carbocycles. The number of thiophene rings is 1. The first-order valence-corrected chi connectivity index (χ1v) is 7.91. The highest BCUT2D eigenvalue weighted by molar-refractivity contribution is 7.15. The monoisotopic (exact) mass is 338 g/mol. The largest absolute Gasteiger partial charge is 0.313 e. The Morgan fingerprint density at radius 1 is 1.21 bits per heavy atom. The molecule has 0 bridgehead atoms. The topological polar surface area (TPSA) is 101 Å². The van der Waals surface area contributed by atoms with Crippen LogP contribution in [-0.4, -0.2) is 21.0 Å². The van der Waals surface area contributed by atoms with Gasteiger partial charge in [-0.15, -0.1) is 11.3 Å². The first-order chi connectivity index (χ1) is 11.6. The number of nitro groups is 1. The van der Waals surface area contributed by atoms with Crippen LogP contribution in [0.5, 0.6) is 0 Å². The number of rotatable bonds is 3. The van der Waals surface area contributed by atoms with Crippen LogP contribution < -0.4 is 5.32 Å². The van der Waals surface area contributed by atoms with E-state index in [-0.39, 0.29) is 11.6 Å². The lowest BCUT2D eigenvalue weighted by Gasteiger charge is -2.02. The number of para-hydroxylation sites is 1. The molecule has 3 aromatic rings. The average molecular weight is 338 g/mol. The Balaban J connectivity index is 1.85. The number of H-pyrrole nitrogens is 1. The summed E-state index contributed by atoms with van der Waals surface area (Å²) in [5.74, 6) is -0.188. The summed E-state index contributed by atoms with van der Waals surface area (Å²) in [4.78, 5) is 22.9. The van der Waals surface area contributed by atoms with E-state index in [0.29, 0.717) is 22.4 Å². The molecule has 0 saturated heterocycles. The molecule has 1 aliphatic heterocycles. The maximum atomic E-state index is 12.1. The molecule has 0 spiro atoms. The van der Waals surface area contributed by atoms with Crippen molar-refractivity contribution in [3.63, 3.8) is 0 Å². The van der Waals surface area contributed by atoms with Crippen molar-refractivity contribution in [1.29, 1.82) is 0 Å². The highest BCUT2D eigenvalue weighted by Crippen LogP contribution is 2.38. The zero-order valence-electron chi connectivity index (χ0n) is 12.1. The van der Waals surface area contributed by atoms with Gasteiger partial charge in [-0.3, -0.25) is 20.0 Å². The van der Waals surface area contributed by atoms with Crippen molar-refractivity contribution in [2.24, 2.45) is 0 Å². The summed E-state index contributed by atoms with van der Waals surface area (Å²) >= 11 is 1.45. The van der Waals surface area contributed by atoms with Crippen LogP contribution in [0.2, 0.25) is 0 Å². The number of amides is 1. The maximum Gasteiger partial charge on any atom is 0.278 e. The number of nitro benzene ring substituents is 1. The van der Waals surface area contributed by atoms with Gasteiger partial charge in [0.05, 0.1) is 28.0 Å². The van der Waals surface area contributed by atoms with Crippen molar-refractivity contribution in [3.8, 4) is 11.3 Å². The number of hydrogen-bond donors (Lipinski definition) is 2. The van der Waals surface area contributed by atoms with Gasteiger partial charge in [0.25, 0.3) is 11.6 Å². The minimum atomic E-state index is -0.438. The maximum absolute atomic E-state index is 12.1. The van der Waals surface area contributed by atoms with Crippen molar-refractivity contribution in [3.05, 3.63) is 63.1 Å². The molecule has 1 aliphatic rings. The lowest BCUT2D eigenvalue weighted by molar-refractivity contribution is -0.384. The molecule has 0 radical (unpaired) electrons. The van der Waals surface area contributed by atoms with Gasteiger partial charge in [-0.25, -0.2) is 0 Å². The van der Waals surface area contributed by atoms with E-state index >= 15 is 0 Å². The molecular formula is C16H10N4O3S. The van der Waals surface area contributed by atoms with E-state index in [1.54, 1.807) is 30.5 Å². The molecule has 0 saturated carbocycles. The summed E-state index contributed by atoms with van der Waals surface area (Å²) < 4.78 is 0. The average Bonchev–Trinajstić information content (AvgIpc) is 3.26. The van der Waals surface area contributed by atoms with E-state index in [4.69, 9.17) is 0 Å². The van der Waals surface area contributed by atoms with E-state index < -0.39 is 4.92 Å². The van der Waals surface area contributed by atoms with E-state index in [0.717, 1.165) is 10.6 Å². The lowest BCUT2D eigenvalue weighted by Crippen LogP contribution is -2.03. The van der Waals surface area contributed by atoms with Gasteiger partial charge in [0.15, 0.2) is 0 Å². The van der Waals surface area contributed by atoms with Crippen molar-refractivity contribution in [1.82, 2.24) is 10.2 Å². The minimum Gasteiger partial charge on any atom is -0.313 e. The molecule has 0 fully saturated rings. The summed E-state index contributed by atoms with van der Waals surface area (Å²) in [6.45, 7) is 0. The fraction of sp³-hybridized carbons (Fsp3) is 0. The molecule has 4 rings (SSSR count). The van der Waals surface area contributed by atoms with Gasteiger partial charge >= 0.3 is 0 Å². The fourth-order valence-corrected chi connectivity index (χ4v) is 3.47. The Kier molecular flexibility index (Phi) is 3.24. The molecule has 118 valence electrons. The third kappa shape index (κ3) is 2.20. The summed E-state index contributed by atoms with van der Waals surface area (Å²) in [5, 5.41) is 23.5. The van der Waals surface area contributed by atoms with Crippen LogP contribution in [0.1, 0.15) is 11.1 Å². The molecule has 0 atom stereocenters. The molecule has 7 nitrogen and oxygen atoms in total. The second-order valence-electron chi connectivity index (χ2n) is 5.15. The standard InChI is InChI=1S/C16H10N4O3S/c21-15-12(10-5-6-24-16(10)18-15)7-9-8-17-19-14(9)11-3-1-2-4-13(11)20(22)23/h1-8H,(H,17,19)(H,18,21)/b12-7-. The van der Waals surface area contributed by atoms with Crippen molar-refractivity contribution >= 4 is 39.6 Å². The molecular weight excluding hydrogens is 328 g/mol. The van der Waals surface area contributed by atoms with E-state index in [9.17, 15) is 14.9 Å². The van der Waals surface area contributed by atoms with Crippen LogP contribution in [0.3, 0.4) is 0 Å². The third-order valence-electron chi connectivity index (χ3n) is 3.77. The Bertz CT molecular complexity index is 1000. The lowest BCUT2D eigenvalue weighted by atomic mass is 10.0. The number of nitrogens with one attached hydrogen (secondary N) is 2. The Morgan fingerprint density at radius 2 is 2.04 bits per heavy atom. The predicted molar refractivity (Wildman–Crippen MR) is 91.5 cm³/mol. The third-order valence-corrected chi connectivity index (χ3v) is 4.60. The van der Waals surface area contributed by atoms with Crippen LogP contribution in [0.4, 0.5) is 10.7 Å². The van der Waals surface area contributed by atoms with Crippen molar-refractivity contribution in [2.75, 3.05) is 5.32 Å². The van der Waals surface area contributed by atoms with Crippen LogP contribution in [0.15, 0.2) is 41.9 Å². The second-order valence-corrected chi connectivity index (χ2v) is 6.07. The molecule has 3 heterocycles. The van der Waals surface area contributed by atoms with Gasteiger partial charge in [-0.1, -0.05) is 12.1 Å². The quantitative estimate of drug-likeness (QED) is 0.433. The summed E-state index contributed by atoms with van der Waals surface area (Å²) in [6.07, 6.45) is 3.25. The molecule has 2 aromatic heterocycles. The zero-order chi connectivity index (χ0) is 16.7. The Morgan fingerprint density at radius 3 is 2.88 bits per heavy atom. The predicted octanol–water partition coefficient (Wildman–Crippen LogP) is 3.54. The van der Waals surface area contributed by atoms with Crippen molar-refractivity contribution < 1.29 is 9.72 Å². The van der Waals surface area contributed by atoms with Crippen LogP contribution >= 0.6 is 11.3 Å². The minimum absolute atomic E-state index is 0.0199.